The van der Waals surface area contributed by atoms with Gasteiger partial charge in [-0.05, 0) is 60.3 Å². The topological polar surface area (TPSA) is 72.4 Å². The van der Waals surface area contributed by atoms with Crippen molar-refractivity contribution < 1.29 is 9.53 Å². The van der Waals surface area contributed by atoms with E-state index in [1.807, 2.05) is 72.8 Å². The highest BCUT2D eigenvalue weighted by molar-refractivity contribution is 5.96. The highest BCUT2D eigenvalue weighted by Crippen LogP contribution is 2.30. The maximum absolute atomic E-state index is 13.2. The summed E-state index contributed by atoms with van der Waals surface area (Å²) in [6, 6.07) is 25.0. The first-order chi connectivity index (χ1) is 16.6. The number of ether oxygens (including phenoxy) is 1. The summed E-state index contributed by atoms with van der Waals surface area (Å²) in [7, 11) is 1.62. The van der Waals surface area contributed by atoms with Crippen LogP contribution in [0.3, 0.4) is 0 Å². The van der Waals surface area contributed by atoms with Crippen molar-refractivity contribution in [3.05, 3.63) is 94.8 Å². The van der Waals surface area contributed by atoms with Gasteiger partial charge in [-0.15, -0.1) is 0 Å². The Kier molecular flexibility index (Phi) is 6.14. The lowest BCUT2D eigenvalue weighted by atomic mass is 10.0. The van der Waals surface area contributed by atoms with E-state index in [1.54, 1.807) is 17.7 Å². The number of pyridine rings is 1. The molecule has 4 aromatic rings. The molecular formula is C28H27N3O3. The van der Waals surface area contributed by atoms with Gasteiger partial charge in [0.25, 0.3) is 5.56 Å². The third-order valence-electron chi connectivity index (χ3n) is 6.34. The zero-order valence-corrected chi connectivity index (χ0v) is 19.1. The largest absolute Gasteiger partial charge is 0.497 e. The summed E-state index contributed by atoms with van der Waals surface area (Å²) in [6.45, 7) is 1.30. The number of rotatable bonds is 6. The Hall–Kier alpha value is -3.90. The second-order valence-electron chi connectivity index (χ2n) is 8.57. The lowest BCUT2D eigenvalue weighted by Gasteiger charge is -2.16. The fraction of sp³-hybridized carbons (Fsp3) is 0.214. The van der Waals surface area contributed by atoms with Gasteiger partial charge in [-0.25, -0.2) is 0 Å². The molecule has 1 amide bonds. The first-order valence-electron chi connectivity index (χ1n) is 11.5. The van der Waals surface area contributed by atoms with Gasteiger partial charge in [0.05, 0.1) is 25.2 Å². The van der Waals surface area contributed by atoms with E-state index < -0.39 is 0 Å². The zero-order valence-electron chi connectivity index (χ0n) is 19.1. The Morgan fingerprint density at radius 1 is 1.06 bits per heavy atom. The van der Waals surface area contributed by atoms with Gasteiger partial charge in [-0.1, -0.05) is 42.5 Å². The lowest BCUT2D eigenvalue weighted by Crippen LogP contribution is -2.35. The number of amides is 1. The minimum absolute atomic E-state index is 0.00365. The predicted molar refractivity (Wildman–Crippen MR) is 135 cm³/mol. The SMILES string of the molecule is COc1ccc2c(-c3ccccc3)cc(=O)n(Cc3ccc(NC(=O)[C@@H]4CCCN4)cc3)c2c1. The molecule has 5 rings (SSSR count). The van der Waals surface area contributed by atoms with Crippen LogP contribution in [0.4, 0.5) is 5.69 Å². The molecule has 1 saturated heterocycles. The average Bonchev–Trinajstić information content (AvgIpc) is 3.42. The number of nitrogens with zero attached hydrogens (tertiary/aromatic N) is 1. The molecule has 0 spiro atoms. The smallest absolute Gasteiger partial charge is 0.251 e. The normalized spacial score (nSPS) is 15.4. The summed E-state index contributed by atoms with van der Waals surface area (Å²) in [5, 5.41) is 7.17. The molecule has 3 aromatic carbocycles. The molecule has 1 aromatic heterocycles. The molecular weight excluding hydrogens is 426 g/mol. The molecule has 0 saturated carbocycles. The Bertz CT molecular complexity index is 1370. The molecule has 34 heavy (non-hydrogen) atoms. The molecule has 1 atom stereocenters. The van der Waals surface area contributed by atoms with E-state index in [2.05, 4.69) is 10.6 Å². The predicted octanol–water partition coefficient (Wildman–Crippen LogP) is 4.42. The Morgan fingerprint density at radius 2 is 1.85 bits per heavy atom. The van der Waals surface area contributed by atoms with Crippen LogP contribution in [0.2, 0.25) is 0 Å². The number of nitrogens with one attached hydrogen (secondary N) is 2. The Morgan fingerprint density at radius 3 is 2.56 bits per heavy atom. The van der Waals surface area contributed by atoms with Crippen LogP contribution < -0.4 is 20.9 Å². The van der Waals surface area contributed by atoms with Crippen LogP contribution in [0.15, 0.2) is 83.7 Å². The van der Waals surface area contributed by atoms with Gasteiger partial charge in [-0.3, -0.25) is 9.59 Å². The molecule has 2 N–H and O–H groups in total. The maximum Gasteiger partial charge on any atom is 0.251 e. The van der Waals surface area contributed by atoms with Crippen molar-refractivity contribution in [2.24, 2.45) is 0 Å². The van der Waals surface area contributed by atoms with Crippen molar-refractivity contribution in [2.75, 3.05) is 19.0 Å². The van der Waals surface area contributed by atoms with Gasteiger partial charge in [0.2, 0.25) is 5.91 Å². The third kappa shape index (κ3) is 4.45. The van der Waals surface area contributed by atoms with E-state index in [9.17, 15) is 9.59 Å². The number of carbonyl (C=O) groups is 1. The van der Waals surface area contributed by atoms with Crippen LogP contribution >= 0.6 is 0 Å². The standard InChI is InChI=1S/C28H27N3O3/c1-34-22-13-14-23-24(20-6-3-2-4-7-20)17-27(32)31(26(23)16-22)18-19-9-11-21(12-10-19)30-28(33)25-8-5-15-29-25/h2-4,6-7,9-14,16-17,25,29H,5,8,15,18H2,1H3,(H,30,33)/t25-/m0/s1. The van der Waals surface area contributed by atoms with Gasteiger partial charge >= 0.3 is 0 Å². The molecule has 172 valence electrons. The van der Waals surface area contributed by atoms with Crippen LogP contribution in [0.25, 0.3) is 22.0 Å². The van der Waals surface area contributed by atoms with Gasteiger partial charge in [0.15, 0.2) is 0 Å². The van der Waals surface area contributed by atoms with E-state index in [0.717, 1.165) is 52.7 Å². The summed E-state index contributed by atoms with van der Waals surface area (Å²) >= 11 is 0. The number of hydrogen-bond donors (Lipinski definition) is 2. The first-order valence-corrected chi connectivity index (χ1v) is 11.5. The van der Waals surface area contributed by atoms with Crippen LogP contribution in [-0.4, -0.2) is 30.2 Å². The molecule has 1 aliphatic heterocycles. The molecule has 6 heteroatoms. The van der Waals surface area contributed by atoms with Crippen LogP contribution in [-0.2, 0) is 11.3 Å². The van der Waals surface area contributed by atoms with E-state index in [4.69, 9.17) is 4.74 Å². The molecule has 1 fully saturated rings. The van der Waals surface area contributed by atoms with E-state index >= 15 is 0 Å². The van der Waals surface area contributed by atoms with Crippen molar-refractivity contribution in [1.82, 2.24) is 9.88 Å². The van der Waals surface area contributed by atoms with Crippen molar-refractivity contribution in [3.63, 3.8) is 0 Å². The van der Waals surface area contributed by atoms with Crippen LogP contribution in [0, 0.1) is 0 Å². The molecule has 0 aliphatic carbocycles. The van der Waals surface area contributed by atoms with Crippen molar-refractivity contribution >= 4 is 22.5 Å². The van der Waals surface area contributed by atoms with Crippen molar-refractivity contribution in [3.8, 4) is 16.9 Å². The van der Waals surface area contributed by atoms with E-state index in [0.29, 0.717) is 12.3 Å². The maximum atomic E-state index is 13.2. The average molecular weight is 454 g/mol. The quantitative estimate of drug-likeness (QED) is 0.454. The third-order valence-corrected chi connectivity index (χ3v) is 6.34. The minimum Gasteiger partial charge on any atom is -0.497 e. The number of aromatic nitrogens is 1. The summed E-state index contributed by atoms with van der Waals surface area (Å²) in [4.78, 5) is 25.6. The highest BCUT2D eigenvalue weighted by Gasteiger charge is 2.21. The number of fused-ring (bicyclic) bond motifs is 1. The fourth-order valence-corrected chi connectivity index (χ4v) is 4.52. The number of benzene rings is 3. The number of anilines is 1. The highest BCUT2D eigenvalue weighted by atomic mass is 16.5. The van der Waals surface area contributed by atoms with Crippen LogP contribution in [0.1, 0.15) is 18.4 Å². The second-order valence-corrected chi connectivity index (χ2v) is 8.57. The Labute approximate surface area is 198 Å². The number of carbonyl (C=O) groups excluding carboxylic acids is 1. The first kappa shape index (κ1) is 21.9. The summed E-state index contributed by atoms with van der Waals surface area (Å²) < 4.78 is 7.21. The molecule has 6 nitrogen and oxygen atoms in total. The molecule has 0 unspecified atom stereocenters. The number of methoxy groups -OCH3 is 1. The van der Waals surface area contributed by atoms with Gasteiger partial charge in [0.1, 0.15) is 5.75 Å². The summed E-state index contributed by atoms with van der Waals surface area (Å²) in [5.74, 6) is 0.695. The van der Waals surface area contributed by atoms with Crippen molar-refractivity contribution in [2.45, 2.75) is 25.4 Å². The molecule has 2 heterocycles. The van der Waals surface area contributed by atoms with E-state index in [1.165, 1.54) is 0 Å². The van der Waals surface area contributed by atoms with Crippen molar-refractivity contribution in [1.29, 1.82) is 0 Å². The molecule has 0 radical (unpaired) electrons. The lowest BCUT2D eigenvalue weighted by molar-refractivity contribution is -0.117. The van der Waals surface area contributed by atoms with Gasteiger partial charge in [0, 0.05) is 23.2 Å². The van der Waals surface area contributed by atoms with Gasteiger partial charge < -0.3 is 19.9 Å². The Balaban J connectivity index is 1.47. The van der Waals surface area contributed by atoms with Gasteiger partial charge in [-0.2, -0.15) is 0 Å². The fourth-order valence-electron chi connectivity index (χ4n) is 4.52. The zero-order chi connectivity index (χ0) is 23.5. The second kappa shape index (κ2) is 9.53. The summed E-state index contributed by atoms with van der Waals surface area (Å²) in [5.41, 5.74) is 4.35. The van der Waals surface area contributed by atoms with Crippen LogP contribution in [0.5, 0.6) is 5.75 Å². The van der Waals surface area contributed by atoms with E-state index in [-0.39, 0.29) is 17.5 Å². The number of hydrogen-bond acceptors (Lipinski definition) is 4. The molecule has 1 aliphatic rings. The summed E-state index contributed by atoms with van der Waals surface area (Å²) in [6.07, 6.45) is 1.88. The molecule has 0 bridgehead atoms. The minimum atomic E-state index is -0.122. The monoisotopic (exact) mass is 453 g/mol.